The summed E-state index contributed by atoms with van der Waals surface area (Å²) in [5.41, 5.74) is 1.73. The molecule has 4 heteroatoms. The first-order valence-electron chi connectivity index (χ1n) is 6.88. The van der Waals surface area contributed by atoms with Gasteiger partial charge in [-0.05, 0) is 26.3 Å². The summed E-state index contributed by atoms with van der Waals surface area (Å²) in [6, 6.07) is 7.61. The van der Waals surface area contributed by atoms with Crippen molar-refractivity contribution in [1.29, 1.82) is 0 Å². The number of carbonyl (C=O) groups excluding carboxylic acids is 1. The first kappa shape index (κ1) is 16.4. The van der Waals surface area contributed by atoms with Crippen LogP contribution in [0.4, 0.5) is 5.69 Å². The monoisotopic (exact) mass is 277 g/mol. The minimum absolute atomic E-state index is 0.155. The van der Waals surface area contributed by atoms with Crippen LogP contribution in [-0.4, -0.2) is 25.2 Å². The molecule has 0 aromatic heterocycles. The van der Waals surface area contributed by atoms with Crippen LogP contribution in [0.1, 0.15) is 25.8 Å². The van der Waals surface area contributed by atoms with E-state index >= 15 is 0 Å². The molecule has 0 radical (unpaired) electrons. The fraction of sp³-hybridized carbons (Fsp3) is 0.438. The van der Waals surface area contributed by atoms with Gasteiger partial charge in [0.2, 0.25) is 0 Å². The Bertz CT molecular complexity index is 431. The van der Waals surface area contributed by atoms with Crippen molar-refractivity contribution >= 4 is 11.6 Å². The molecule has 1 rings (SSSR count). The SMILES string of the molecule is C=CCCOC(C)C(=O)Nc1ccccc1COCC. The van der Waals surface area contributed by atoms with Crippen molar-refractivity contribution in [2.45, 2.75) is 33.0 Å². The van der Waals surface area contributed by atoms with E-state index in [9.17, 15) is 4.79 Å². The molecule has 1 N–H and O–H groups in total. The molecule has 0 aliphatic carbocycles. The number of nitrogens with one attached hydrogen (secondary N) is 1. The van der Waals surface area contributed by atoms with Gasteiger partial charge in [-0.2, -0.15) is 0 Å². The molecular formula is C16H23NO3. The Morgan fingerprint density at radius 1 is 1.45 bits per heavy atom. The fourth-order valence-corrected chi connectivity index (χ4v) is 1.62. The van der Waals surface area contributed by atoms with Gasteiger partial charge in [0.1, 0.15) is 6.10 Å². The molecular weight excluding hydrogens is 254 g/mol. The topological polar surface area (TPSA) is 47.6 Å². The van der Waals surface area contributed by atoms with Crippen molar-refractivity contribution in [2.24, 2.45) is 0 Å². The van der Waals surface area contributed by atoms with E-state index in [2.05, 4.69) is 11.9 Å². The molecule has 1 atom stereocenters. The second-order valence-electron chi connectivity index (χ2n) is 4.37. The van der Waals surface area contributed by atoms with E-state index in [4.69, 9.17) is 9.47 Å². The van der Waals surface area contributed by atoms with Crippen molar-refractivity contribution in [3.63, 3.8) is 0 Å². The predicted octanol–water partition coefficient (Wildman–Crippen LogP) is 3.14. The molecule has 1 aromatic carbocycles. The number of rotatable bonds is 9. The number of anilines is 1. The smallest absolute Gasteiger partial charge is 0.253 e. The Morgan fingerprint density at radius 3 is 2.90 bits per heavy atom. The Morgan fingerprint density at radius 2 is 2.20 bits per heavy atom. The highest BCUT2D eigenvalue weighted by molar-refractivity contribution is 5.94. The van der Waals surface area contributed by atoms with Gasteiger partial charge < -0.3 is 14.8 Å². The maximum absolute atomic E-state index is 12.0. The van der Waals surface area contributed by atoms with Crippen LogP contribution in [0, 0.1) is 0 Å². The summed E-state index contributed by atoms with van der Waals surface area (Å²) in [6.45, 7) is 8.92. The summed E-state index contributed by atoms with van der Waals surface area (Å²) in [5, 5.41) is 2.88. The van der Waals surface area contributed by atoms with Crippen molar-refractivity contribution in [3.8, 4) is 0 Å². The van der Waals surface area contributed by atoms with E-state index in [1.807, 2.05) is 31.2 Å². The fourth-order valence-electron chi connectivity index (χ4n) is 1.62. The van der Waals surface area contributed by atoms with Crippen LogP contribution in [0.5, 0.6) is 0 Å². The molecule has 0 bridgehead atoms. The number of carbonyl (C=O) groups is 1. The zero-order valence-electron chi connectivity index (χ0n) is 12.2. The van der Waals surface area contributed by atoms with E-state index in [-0.39, 0.29) is 5.91 Å². The Labute approximate surface area is 120 Å². The normalized spacial score (nSPS) is 11.9. The maximum atomic E-state index is 12.0. The second kappa shape index (κ2) is 9.28. The van der Waals surface area contributed by atoms with E-state index in [0.29, 0.717) is 19.8 Å². The zero-order valence-corrected chi connectivity index (χ0v) is 12.2. The number of para-hydroxylation sites is 1. The summed E-state index contributed by atoms with van der Waals surface area (Å²) >= 11 is 0. The number of benzene rings is 1. The van der Waals surface area contributed by atoms with Gasteiger partial charge in [-0.25, -0.2) is 0 Å². The van der Waals surface area contributed by atoms with Gasteiger partial charge in [-0.3, -0.25) is 4.79 Å². The van der Waals surface area contributed by atoms with E-state index in [0.717, 1.165) is 17.7 Å². The average molecular weight is 277 g/mol. The van der Waals surface area contributed by atoms with Crippen LogP contribution < -0.4 is 5.32 Å². The lowest BCUT2D eigenvalue weighted by atomic mass is 10.2. The molecule has 0 spiro atoms. The molecule has 0 fully saturated rings. The maximum Gasteiger partial charge on any atom is 0.253 e. The van der Waals surface area contributed by atoms with Crippen LogP contribution >= 0.6 is 0 Å². The quantitative estimate of drug-likeness (QED) is 0.557. The Balaban J connectivity index is 2.58. The lowest BCUT2D eigenvalue weighted by Crippen LogP contribution is -2.28. The summed E-state index contributed by atoms with van der Waals surface area (Å²) in [6.07, 6.45) is 2.01. The predicted molar refractivity (Wildman–Crippen MR) is 80.6 cm³/mol. The lowest BCUT2D eigenvalue weighted by Gasteiger charge is -2.15. The summed E-state index contributed by atoms with van der Waals surface area (Å²) in [5.74, 6) is -0.155. The highest BCUT2D eigenvalue weighted by Crippen LogP contribution is 2.16. The molecule has 1 aromatic rings. The van der Waals surface area contributed by atoms with Crippen molar-refractivity contribution in [1.82, 2.24) is 0 Å². The highest BCUT2D eigenvalue weighted by Gasteiger charge is 2.14. The Kier molecular flexibility index (Phi) is 7.62. The van der Waals surface area contributed by atoms with Crippen LogP contribution in [0.3, 0.4) is 0 Å². The minimum atomic E-state index is -0.491. The van der Waals surface area contributed by atoms with Crippen molar-refractivity contribution in [2.75, 3.05) is 18.5 Å². The van der Waals surface area contributed by atoms with Gasteiger partial charge in [0.15, 0.2) is 0 Å². The van der Waals surface area contributed by atoms with E-state index in [1.165, 1.54) is 0 Å². The molecule has 0 saturated heterocycles. The van der Waals surface area contributed by atoms with Gasteiger partial charge >= 0.3 is 0 Å². The molecule has 0 aliphatic rings. The number of hydrogen-bond donors (Lipinski definition) is 1. The van der Waals surface area contributed by atoms with Gasteiger partial charge in [0.25, 0.3) is 5.91 Å². The van der Waals surface area contributed by atoms with E-state index in [1.54, 1.807) is 13.0 Å². The third kappa shape index (κ3) is 5.55. The molecule has 4 nitrogen and oxygen atoms in total. The largest absolute Gasteiger partial charge is 0.377 e. The molecule has 0 aliphatic heterocycles. The standard InChI is InChI=1S/C16H23NO3/c1-4-6-11-20-13(3)16(18)17-15-10-8-7-9-14(15)12-19-5-2/h4,7-10,13H,1,5-6,11-12H2,2-3H3,(H,17,18). The molecule has 20 heavy (non-hydrogen) atoms. The summed E-state index contributed by atoms with van der Waals surface area (Å²) < 4.78 is 10.8. The second-order valence-corrected chi connectivity index (χ2v) is 4.37. The van der Waals surface area contributed by atoms with Crippen LogP contribution in [-0.2, 0) is 20.9 Å². The third-order valence-corrected chi connectivity index (χ3v) is 2.80. The summed E-state index contributed by atoms with van der Waals surface area (Å²) in [4.78, 5) is 12.0. The first-order chi connectivity index (χ1) is 9.69. The van der Waals surface area contributed by atoms with Gasteiger partial charge in [-0.15, -0.1) is 6.58 Å². The number of amides is 1. The van der Waals surface area contributed by atoms with Crippen LogP contribution in [0.2, 0.25) is 0 Å². The first-order valence-corrected chi connectivity index (χ1v) is 6.88. The average Bonchev–Trinajstić information content (AvgIpc) is 2.46. The molecule has 110 valence electrons. The van der Waals surface area contributed by atoms with E-state index < -0.39 is 6.10 Å². The lowest BCUT2D eigenvalue weighted by molar-refractivity contribution is -0.126. The molecule has 0 heterocycles. The van der Waals surface area contributed by atoms with Gasteiger partial charge in [0, 0.05) is 17.9 Å². The summed E-state index contributed by atoms with van der Waals surface area (Å²) in [7, 11) is 0. The molecule has 0 saturated carbocycles. The third-order valence-electron chi connectivity index (χ3n) is 2.80. The Hall–Kier alpha value is -1.65. The van der Waals surface area contributed by atoms with Crippen molar-refractivity contribution < 1.29 is 14.3 Å². The van der Waals surface area contributed by atoms with Crippen LogP contribution in [0.25, 0.3) is 0 Å². The van der Waals surface area contributed by atoms with Crippen LogP contribution in [0.15, 0.2) is 36.9 Å². The zero-order chi connectivity index (χ0) is 14.8. The number of ether oxygens (including phenoxy) is 2. The van der Waals surface area contributed by atoms with Gasteiger partial charge in [0.05, 0.1) is 13.2 Å². The minimum Gasteiger partial charge on any atom is -0.377 e. The molecule has 1 unspecified atom stereocenters. The van der Waals surface area contributed by atoms with Crippen molar-refractivity contribution in [3.05, 3.63) is 42.5 Å². The van der Waals surface area contributed by atoms with Gasteiger partial charge in [-0.1, -0.05) is 24.3 Å². The molecule has 1 amide bonds. The number of hydrogen-bond acceptors (Lipinski definition) is 3. The highest BCUT2D eigenvalue weighted by atomic mass is 16.5.